The van der Waals surface area contributed by atoms with Crippen molar-refractivity contribution in [2.45, 2.75) is 31.5 Å². The second kappa shape index (κ2) is 11.0. The molecule has 0 spiro atoms. The van der Waals surface area contributed by atoms with Crippen LogP contribution in [-0.2, 0) is 15.9 Å². The topological polar surface area (TPSA) is 82.3 Å². The van der Waals surface area contributed by atoms with E-state index in [1.165, 1.54) is 37.8 Å². The van der Waals surface area contributed by atoms with Crippen molar-refractivity contribution >= 4 is 16.9 Å². The van der Waals surface area contributed by atoms with Gasteiger partial charge in [0, 0.05) is 43.8 Å². The smallest absolute Gasteiger partial charge is 0.338 e. The zero-order valence-corrected chi connectivity index (χ0v) is 22.0. The molecule has 4 atom stereocenters. The highest BCUT2D eigenvalue weighted by molar-refractivity contribution is 5.91. The van der Waals surface area contributed by atoms with Crippen LogP contribution in [0.4, 0.5) is 0 Å². The molecular formula is C29H36N2O6. The minimum Gasteiger partial charge on any atom is -0.493 e. The lowest BCUT2D eigenvalue weighted by Gasteiger charge is -2.36. The summed E-state index contributed by atoms with van der Waals surface area (Å²) in [5.74, 6) is 1.88. The summed E-state index contributed by atoms with van der Waals surface area (Å²) in [6, 6.07) is 11.7. The molecule has 0 bridgehead atoms. The van der Waals surface area contributed by atoms with E-state index in [4.69, 9.17) is 23.7 Å². The normalized spacial score (nSPS) is 23.6. The lowest BCUT2D eigenvalue weighted by molar-refractivity contribution is -0.0732. The Morgan fingerprint density at radius 3 is 2.27 bits per heavy atom. The van der Waals surface area contributed by atoms with Gasteiger partial charge < -0.3 is 33.6 Å². The van der Waals surface area contributed by atoms with Crippen LogP contribution in [0.5, 0.6) is 17.2 Å². The molecule has 1 aromatic heterocycles. The van der Waals surface area contributed by atoms with Gasteiger partial charge in [0.15, 0.2) is 11.5 Å². The molecule has 2 aliphatic rings. The van der Waals surface area contributed by atoms with Gasteiger partial charge >= 0.3 is 5.97 Å². The molecule has 1 saturated heterocycles. The number of hydrogen-bond acceptors (Lipinski definition) is 7. The lowest BCUT2D eigenvalue weighted by Crippen LogP contribution is -2.42. The van der Waals surface area contributed by atoms with E-state index in [1.807, 2.05) is 0 Å². The highest BCUT2D eigenvalue weighted by Gasteiger charge is 2.44. The lowest BCUT2D eigenvalue weighted by atomic mass is 9.78. The number of nitrogens with zero attached hydrogens (tertiary/aromatic N) is 1. The maximum absolute atomic E-state index is 13.2. The molecule has 2 aromatic carbocycles. The van der Waals surface area contributed by atoms with E-state index in [0.717, 1.165) is 38.9 Å². The van der Waals surface area contributed by atoms with Gasteiger partial charge in [0.2, 0.25) is 5.75 Å². The number of H-pyrrole nitrogens is 1. The molecule has 8 heteroatoms. The second-order valence-electron chi connectivity index (χ2n) is 9.99. The molecule has 3 aromatic rings. The number of hydrogen-bond donors (Lipinski definition) is 1. The Kier molecular flexibility index (Phi) is 7.58. The van der Waals surface area contributed by atoms with Crippen molar-refractivity contribution in [3.8, 4) is 17.2 Å². The summed E-state index contributed by atoms with van der Waals surface area (Å²) in [6.45, 7) is 3.09. The summed E-state index contributed by atoms with van der Waals surface area (Å²) < 4.78 is 28.0. The number of carbonyl (C=O) groups is 1. The third-order valence-corrected chi connectivity index (χ3v) is 7.97. The van der Waals surface area contributed by atoms with Crippen LogP contribution in [-0.4, -0.2) is 76.1 Å². The minimum absolute atomic E-state index is 0.124. The van der Waals surface area contributed by atoms with Crippen LogP contribution in [0.15, 0.2) is 42.6 Å². The largest absolute Gasteiger partial charge is 0.493 e. The number of methoxy groups -OCH3 is 4. The maximum Gasteiger partial charge on any atom is 0.338 e. The van der Waals surface area contributed by atoms with E-state index in [1.54, 1.807) is 19.2 Å². The van der Waals surface area contributed by atoms with Gasteiger partial charge in [0.05, 0.1) is 33.0 Å². The van der Waals surface area contributed by atoms with Gasteiger partial charge in [-0.1, -0.05) is 18.2 Å². The minimum atomic E-state index is -0.418. The first-order valence-electron chi connectivity index (χ1n) is 12.9. The fourth-order valence-corrected chi connectivity index (χ4v) is 6.05. The monoisotopic (exact) mass is 508 g/mol. The van der Waals surface area contributed by atoms with Gasteiger partial charge in [-0.25, -0.2) is 4.79 Å². The zero-order valence-electron chi connectivity index (χ0n) is 22.0. The van der Waals surface area contributed by atoms with Crippen LogP contribution >= 0.6 is 0 Å². The molecule has 0 unspecified atom stereocenters. The number of fused-ring (bicyclic) bond motifs is 2. The number of ether oxygens (including phenoxy) is 5. The predicted molar refractivity (Wildman–Crippen MR) is 141 cm³/mol. The summed E-state index contributed by atoms with van der Waals surface area (Å²) in [6.07, 6.45) is 4.40. The Bertz CT molecular complexity index is 1220. The second-order valence-corrected chi connectivity index (χ2v) is 9.99. The highest BCUT2D eigenvalue weighted by atomic mass is 16.6. The number of benzene rings is 2. The maximum atomic E-state index is 13.2. The first-order chi connectivity index (χ1) is 18.0. The van der Waals surface area contributed by atoms with Gasteiger partial charge in [-0.15, -0.1) is 0 Å². The van der Waals surface area contributed by atoms with E-state index in [0.29, 0.717) is 34.6 Å². The standard InChI is InChI=1S/C29H36N2O6/c1-33-24-13-20-16-31(10-9-18-15-30-23-8-6-5-7-22(18)23)17-21(20)14-25(24)37-29(32)19-11-26(34-2)28(36-4)27(12-19)35-3/h5-8,11-12,15,20-21,24-25,30H,9-10,13-14,16-17H2,1-4H3/t20-,21+,24-,25+/m0/s1. The number of rotatable bonds is 9. The van der Waals surface area contributed by atoms with E-state index in [9.17, 15) is 4.79 Å². The highest BCUT2D eigenvalue weighted by Crippen LogP contribution is 2.41. The average molecular weight is 509 g/mol. The number of para-hydroxylation sites is 1. The molecule has 5 rings (SSSR count). The van der Waals surface area contributed by atoms with Crippen LogP contribution in [0.2, 0.25) is 0 Å². The number of aromatic nitrogens is 1. The molecule has 8 nitrogen and oxygen atoms in total. The van der Waals surface area contributed by atoms with E-state index in [2.05, 4.69) is 40.3 Å². The Morgan fingerprint density at radius 2 is 1.62 bits per heavy atom. The SMILES string of the molecule is COc1cc(C(=O)O[C@@H]2C[C@@H]3CN(CCc4c[nH]c5ccccc45)C[C@@H]3C[C@@H]2OC)cc(OC)c1OC. The van der Waals surface area contributed by atoms with Gasteiger partial charge in [-0.3, -0.25) is 0 Å². The van der Waals surface area contributed by atoms with Crippen molar-refractivity contribution in [3.05, 3.63) is 53.7 Å². The van der Waals surface area contributed by atoms with Gasteiger partial charge in [-0.05, 0) is 54.9 Å². The number of aromatic amines is 1. The molecule has 198 valence electrons. The van der Waals surface area contributed by atoms with Gasteiger partial charge in [0.1, 0.15) is 6.10 Å². The molecule has 2 heterocycles. The van der Waals surface area contributed by atoms with Crippen LogP contribution in [0, 0.1) is 11.8 Å². The number of likely N-dealkylation sites (tertiary alicyclic amines) is 1. The summed E-state index contributed by atoms with van der Waals surface area (Å²) in [5, 5.41) is 1.30. The molecule has 1 aliphatic heterocycles. The third kappa shape index (κ3) is 5.13. The molecule has 0 amide bonds. The number of nitrogens with one attached hydrogen (secondary N) is 1. The van der Waals surface area contributed by atoms with Crippen LogP contribution in [0.25, 0.3) is 10.9 Å². The molecule has 1 aliphatic carbocycles. The molecule has 2 fully saturated rings. The summed E-state index contributed by atoms with van der Waals surface area (Å²) >= 11 is 0. The first kappa shape index (κ1) is 25.4. The fourth-order valence-electron chi connectivity index (χ4n) is 6.05. The van der Waals surface area contributed by atoms with Crippen molar-refractivity contribution in [1.29, 1.82) is 0 Å². The van der Waals surface area contributed by atoms with Crippen molar-refractivity contribution in [2.75, 3.05) is 48.1 Å². The van der Waals surface area contributed by atoms with Crippen LogP contribution in [0.3, 0.4) is 0 Å². The molecule has 0 radical (unpaired) electrons. The van der Waals surface area contributed by atoms with E-state index < -0.39 is 5.97 Å². The van der Waals surface area contributed by atoms with Gasteiger partial charge in [-0.2, -0.15) is 0 Å². The predicted octanol–water partition coefficient (Wildman–Crippen LogP) is 4.32. The molecular weight excluding hydrogens is 472 g/mol. The Morgan fingerprint density at radius 1 is 0.946 bits per heavy atom. The summed E-state index contributed by atoms with van der Waals surface area (Å²) in [4.78, 5) is 19.1. The quantitative estimate of drug-likeness (QED) is 0.431. The van der Waals surface area contributed by atoms with Gasteiger partial charge in [0.25, 0.3) is 0 Å². The Hall–Kier alpha value is -3.23. The molecule has 1 N–H and O–H groups in total. The Balaban J connectivity index is 1.23. The number of carbonyl (C=O) groups excluding carboxylic acids is 1. The van der Waals surface area contributed by atoms with Crippen molar-refractivity contribution in [3.63, 3.8) is 0 Å². The van der Waals surface area contributed by atoms with Crippen molar-refractivity contribution < 1.29 is 28.5 Å². The van der Waals surface area contributed by atoms with Crippen molar-refractivity contribution in [2.24, 2.45) is 11.8 Å². The summed E-state index contributed by atoms with van der Waals surface area (Å²) in [7, 11) is 6.29. The first-order valence-corrected chi connectivity index (χ1v) is 12.9. The van der Waals surface area contributed by atoms with Crippen LogP contribution < -0.4 is 14.2 Å². The van der Waals surface area contributed by atoms with E-state index >= 15 is 0 Å². The third-order valence-electron chi connectivity index (χ3n) is 7.97. The van der Waals surface area contributed by atoms with Crippen molar-refractivity contribution in [1.82, 2.24) is 9.88 Å². The fraction of sp³-hybridized carbons (Fsp3) is 0.483. The zero-order chi connectivity index (χ0) is 25.9. The van der Waals surface area contributed by atoms with E-state index in [-0.39, 0.29) is 12.2 Å². The average Bonchev–Trinajstić information content (AvgIpc) is 3.53. The molecule has 37 heavy (non-hydrogen) atoms. The molecule has 1 saturated carbocycles. The Labute approximate surface area is 217 Å². The van der Waals surface area contributed by atoms with Crippen LogP contribution in [0.1, 0.15) is 28.8 Å². The summed E-state index contributed by atoms with van der Waals surface area (Å²) in [5.41, 5.74) is 2.91. The number of esters is 1.